The van der Waals surface area contributed by atoms with Gasteiger partial charge in [-0.05, 0) is 32.4 Å². The van der Waals surface area contributed by atoms with Crippen molar-refractivity contribution in [1.82, 2.24) is 14.5 Å². The van der Waals surface area contributed by atoms with Crippen molar-refractivity contribution in [3.05, 3.63) is 48.3 Å². The predicted octanol–water partition coefficient (Wildman–Crippen LogP) is 3.31. The van der Waals surface area contributed by atoms with Gasteiger partial charge in [-0.1, -0.05) is 24.3 Å². The number of aromatic nitrogens is 3. The first-order chi connectivity index (χ1) is 10.0. The molecule has 0 bridgehead atoms. The lowest BCUT2D eigenvalue weighted by molar-refractivity contribution is 0.413. The lowest BCUT2D eigenvalue weighted by Gasteiger charge is -2.24. The fourth-order valence-corrected chi connectivity index (χ4v) is 2.59. The van der Waals surface area contributed by atoms with Crippen molar-refractivity contribution in [2.75, 3.05) is 0 Å². The minimum absolute atomic E-state index is 0.0576. The van der Waals surface area contributed by atoms with E-state index >= 15 is 0 Å². The van der Waals surface area contributed by atoms with Crippen LogP contribution in [0.4, 0.5) is 0 Å². The third-order valence-corrected chi connectivity index (χ3v) is 3.58. The van der Waals surface area contributed by atoms with Crippen LogP contribution in [0.15, 0.2) is 42.7 Å². The molecule has 0 fully saturated rings. The summed E-state index contributed by atoms with van der Waals surface area (Å²) in [5.74, 6) is 0.967. The molecule has 0 amide bonds. The van der Waals surface area contributed by atoms with Crippen LogP contribution in [0.3, 0.4) is 0 Å². The molecule has 2 N–H and O–H groups in total. The van der Waals surface area contributed by atoms with Crippen LogP contribution in [0, 0.1) is 0 Å². The normalized spacial score (nSPS) is 12.0. The molecule has 2 heterocycles. The molecule has 0 radical (unpaired) electrons. The number of nitrogens with two attached hydrogens (primary N) is 1. The topological polar surface area (TPSA) is 56.7 Å². The average Bonchev–Trinajstić information content (AvgIpc) is 2.86. The van der Waals surface area contributed by atoms with E-state index in [1.165, 1.54) is 0 Å². The van der Waals surface area contributed by atoms with Gasteiger partial charge in [-0.15, -0.1) is 0 Å². The van der Waals surface area contributed by atoms with E-state index in [2.05, 4.69) is 54.6 Å². The minimum atomic E-state index is -0.0576. The third-order valence-electron chi connectivity index (χ3n) is 3.58. The molecule has 0 atom stereocenters. The number of imidazole rings is 1. The number of hydrogen-bond donors (Lipinski definition) is 1. The fraction of sp³-hybridized carbons (Fsp3) is 0.294. The standard InChI is InChI=1S/C17H20N4/c1-17(2,3)21-15-8-9-19-11-14(15)20-16(21)13-6-4-12(10-18)5-7-13/h4-9,11H,10,18H2,1-3H3. The number of rotatable bonds is 2. The van der Waals surface area contributed by atoms with Crippen molar-refractivity contribution < 1.29 is 0 Å². The second-order valence-electron chi connectivity index (χ2n) is 6.21. The van der Waals surface area contributed by atoms with Crippen LogP contribution in [0.1, 0.15) is 26.3 Å². The van der Waals surface area contributed by atoms with Gasteiger partial charge in [0.15, 0.2) is 0 Å². The van der Waals surface area contributed by atoms with E-state index < -0.39 is 0 Å². The zero-order valence-electron chi connectivity index (χ0n) is 12.7. The summed E-state index contributed by atoms with van der Waals surface area (Å²) in [5.41, 5.74) is 9.86. The molecule has 1 aromatic carbocycles. The van der Waals surface area contributed by atoms with Crippen LogP contribution in [-0.2, 0) is 12.1 Å². The fourth-order valence-electron chi connectivity index (χ4n) is 2.59. The maximum Gasteiger partial charge on any atom is 0.141 e. The first kappa shape index (κ1) is 13.8. The lowest BCUT2D eigenvalue weighted by Crippen LogP contribution is -2.22. The van der Waals surface area contributed by atoms with Gasteiger partial charge in [0.05, 0.1) is 11.7 Å². The highest BCUT2D eigenvalue weighted by molar-refractivity contribution is 5.80. The number of hydrogen-bond acceptors (Lipinski definition) is 3. The van der Waals surface area contributed by atoms with Crippen molar-refractivity contribution in [3.63, 3.8) is 0 Å². The zero-order valence-corrected chi connectivity index (χ0v) is 12.7. The summed E-state index contributed by atoms with van der Waals surface area (Å²) >= 11 is 0. The number of nitrogens with zero attached hydrogens (tertiary/aromatic N) is 3. The Hall–Kier alpha value is -2.20. The molecule has 0 saturated carbocycles. The largest absolute Gasteiger partial charge is 0.326 e. The average molecular weight is 280 g/mol. The van der Waals surface area contributed by atoms with E-state index in [0.717, 1.165) is 28.0 Å². The van der Waals surface area contributed by atoms with Gasteiger partial charge in [-0.25, -0.2) is 4.98 Å². The summed E-state index contributed by atoms with van der Waals surface area (Å²) in [6, 6.07) is 10.3. The van der Waals surface area contributed by atoms with Gasteiger partial charge in [-0.2, -0.15) is 0 Å². The Bertz CT molecular complexity index is 764. The molecule has 0 spiro atoms. The molecule has 0 saturated heterocycles. The molecule has 4 nitrogen and oxygen atoms in total. The van der Waals surface area contributed by atoms with Crippen LogP contribution in [0.5, 0.6) is 0 Å². The van der Waals surface area contributed by atoms with E-state index in [1.54, 1.807) is 0 Å². The highest BCUT2D eigenvalue weighted by Gasteiger charge is 2.22. The number of fused-ring (bicyclic) bond motifs is 1. The summed E-state index contributed by atoms with van der Waals surface area (Å²) in [6.45, 7) is 7.12. The van der Waals surface area contributed by atoms with Gasteiger partial charge in [0.25, 0.3) is 0 Å². The highest BCUT2D eigenvalue weighted by Crippen LogP contribution is 2.30. The molecular weight excluding hydrogens is 260 g/mol. The van der Waals surface area contributed by atoms with Gasteiger partial charge in [-0.3, -0.25) is 4.98 Å². The lowest BCUT2D eigenvalue weighted by atomic mass is 10.1. The van der Waals surface area contributed by atoms with Gasteiger partial charge in [0, 0.05) is 23.8 Å². The monoisotopic (exact) mass is 280 g/mol. The number of pyridine rings is 1. The van der Waals surface area contributed by atoms with Crippen LogP contribution in [0.25, 0.3) is 22.4 Å². The summed E-state index contributed by atoms with van der Waals surface area (Å²) in [4.78, 5) is 8.95. The van der Waals surface area contributed by atoms with Crippen LogP contribution >= 0.6 is 0 Å². The molecular formula is C17H20N4. The van der Waals surface area contributed by atoms with E-state index in [1.807, 2.05) is 18.5 Å². The van der Waals surface area contributed by atoms with Crippen molar-refractivity contribution in [1.29, 1.82) is 0 Å². The van der Waals surface area contributed by atoms with Crippen molar-refractivity contribution in [3.8, 4) is 11.4 Å². The molecule has 21 heavy (non-hydrogen) atoms. The second kappa shape index (κ2) is 4.97. The van der Waals surface area contributed by atoms with E-state index in [9.17, 15) is 0 Å². The smallest absolute Gasteiger partial charge is 0.141 e. The summed E-state index contributed by atoms with van der Waals surface area (Å²) in [5, 5.41) is 0. The summed E-state index contributed by atoms with van der Waals surface area (Å²) < 4.78 is 2.27. The van der Waals surface area contributed by atoms with Gasteiger partial charge < -0.3 is 10.3 Å². The van der Waals surface area contributed by atoms with E-state index in [-0.39, 0.29) is 5.54 Å². The Morgan fingerprint density at radius 3 is 2.43 bits per heavy atom. The molecule has 4 heteroatoms. The van der Waals surface area contributed by atoms with Gasteiger partial charge >= 0.3 is 0 Å². The zero-order chi connectivity index (χ0) is 15.0. The Balaban J connectivity index is 2.25. The molecule has 0 aliphatic heterocycles. The van der Waals surface area contributed by atoms with Gasteiger partial charge in [0.1, 0.15) is 11.3 Å². The van der Waals surface area contributed by atoms with Crippen molar-refractivity contribution in [2.45, 2.75) is 32.9 Å². The van der Waals surface area contributed by atoms with E-state index in [0.29, 0.717) is 6.54 Å². The maximum absolute atomic E-state index is 5.67. The Morgan fingerprint density at radius 1 is 1.10 bits per heavy atom. The Kier molecular flexibility index (Phi) is 3.26. The SMILES string of the molecule is CC(C)(C)n1c(-c2ccc(CN)cc2)nc2cnccc21. The molecule has 3 aromatic rings. The maximum atomic E-state index is 5.67. The highest BCUT2D eigenvalue weighted by atomic mass is 15.1. The van der Waals surface area contributed by atoms with Crippen LogP contribution in [-0.4, -0.2) is 14.5 Å². The Labute approximate surface area is 124 Å². The molecule has 0 aliphatic carbocycles. The van der Waals surface area contributed by atoms with Gasteiger partial charge in [0.2, 0.25) is 0 Å². The first-order valence-electron chi connectivity index (χ1n) is 7.13. The van der Waals surface area contributed by atoms with Crippen molar-refractivity contribution >= 4 is 11.0 Å². The molecule has 0 aliphatic rings. The Morgan fingerprint density at radius 2 is 1.81 bits per heavy atom. The summed E-state index contributed by atoms with van der Waals surface area (Å²) in [6.07, 6.45) is 3.63. The number of benzene rings is 1. The predicted molar refractivity (Wildman–Crippen MR) is 85.9 cm³/mol. The molecule has 0 unspecified atom stereocenters. The van der Waals surface area contributed by atoms with E-state index in [4.69, 9.17) is 10.7 Å². The van der Waals surface area contributed by atoms with Crippen LogP contribution < -0.4 is 5.73 Å². The quantitative estimate of drug-likeness (QED) is 0.783. The molecule has 2 aromatic heterocycles. The first-order valence-corrected chi connectivity index (χ1v) is 7.13. The second-order valence-corrected chi connectivity index (χ2v) is 6.21. The third kappa shape index (κ3) is 2.43. The molecule has 108 valence electrons. The minimum Gasteiger partial charge on any atom is -0.326 e. The molecule has 3 rings (SSSR count). The van der Waals surface area contributed by atoms with Crippen LogP contribution in [0.2, 0.25) is 0 Å². The summed E-state index contributed by atoms with van der Waals surface area (Å²) in [7, 11) is 0. The van der Waals surface area contributed by atoms with Crippen molar-refractivity contribution in [2.24, 2.45) is 5.73 Å².